The SMILES string of the molecule is CC(=O)N1CCN(c2ccnn3cc(-c4ncc5n4CCNC5)cc23)CC1. The van der Waals surface area contributed by atoms with Crippen molar-refractivity contribution in [1.29, 1.82) is 0 Å². The van der Waals surface area contributed by atoms with Gasteiger partial charge in [-0.25, -0.2) is 9.50 Å². The molecule has 0 bridgehead atoms. The zero-order valence-corrected chi connectivity index (χ0v) is 15.4. The summed E-state index contributed by atoms with van der Waals surface area (Å²) in [4.78, 5) is 20.5. The summed E-state index contributed by atoms with van der Waals surface area (Å²) in [5, 5.41) is 7.88. The van der Waals surface area contributed by atoms with Gasteiger partial charge < -0.3 is 19.7 Å². The molecule has 8 nitrogen and oxygen atoms in total. The van der Waals surface area contributed by atoms with E-state index < -0.39 is 0 Å². The van der Waals surface area contributed by atoms with Crippen molar-refractivity contribution in [3.05, 3.63) is 36.4 Å². The second-order valence-electron chi connectivity index (χ2n) is 7.17. The molecule has 8 heteroatoms. The number of piperazine rings is 1. The summed E-state index contributed by atoms with van der Waals surface area (Å²) < 4.78 is 4.22. The average Bonchev–Trinajstić information content (AvgIpc) is 3.31. The van der Waals surface area contributed by atoms with Crippen LogP contribution in [0, 0.1) is 0 Å². The van der Waals surface area contributed by atoms with Crippen LogP contribution in [-0.2, 0) is 17.9 Å². The predicted molar refractivity (Wildman–Crippen MR) is 103 cm³/mol. The Morgan fingerprint density at radius 1 is 1.19 bits per heavy atom. The molecule has 5 rings (SSSR count). The Morgan fingerprint density at radius 2 is 2.04 bits per heavy atom. The third-order valence-corrected chi connectivity index (χ3v) is 5.57. The molecule has 27 heavy (non-hydrogen) atoms. The first-order chi connectivity index (χ1) is 13.2. The van der Waals surface area contributed by atoms with Crippen LogP contribution in [0.3, 0.4) is 0 Å². The van der Waals surface area contributed by atoms with Gasteiger partial charge >= 0.3 is 0 Å². The van der Waals surface area contributed by atoms with Crippen molar-refractivity contribution < 1.29 is 4.79 Å². The maximum Gasteiger partial charge on any atom is 0.219 e. The van der Waals surface area contributed by atoms with Crippen LogP contribution in [0.2, 0.25) is 0 Å². The Bertz CT molecular complexity index is 997. The fourth-order valence-corrected chi connectivity index (χ4v) is 4.09. The maximum absolute atomic E-state index is 11.6. The van der Waals surface area contributed by atoms with Crippen LogP contribution in [0.1, 0.15) is 12.6 Å². The molecule has 0 saturated carbocycles. The third kappa shape index (κ3) is 2.76. The molecule has 3 aromatic heterocycles. The molecule has 0 aromatic carbocycles. The summed E-state index contributed by atoms with van der Waals surface area (Å²) in [6, 6.07) is 4.24. The van der Waals surface area contributed by atoms with Crippen LogP contribution in [-0.4, -0.2) is 62.7 Å². The molecule has 1 N–H and O–H groups in total. The molecule has 1 amide bonds. The molecular formula is C19H23N7O. The van der Waals surface area contributed by atoms with E-state index in [-0.39, 0.29) is 5.91 Å². The molecule has 2 aliphatic heterocycles. The summed E-state index contributed by atoms with van der Waals surface area (Å²) in [5.41, 5.74) is 4.55. The van der Waals surface area contributed by atoms with Gasteiger partial charge in [-0.2, -0.15) is 5.10 Å². The van der Waals surface area contributed by atoms with Crippen molar-refractivity contribution in [3.63, 3.8) is 0 Å². The van der Waals surface area contributed by atoms with E-state index in [0.717, 1.165) is 68.4 Å². The normalized spacial score (nSPS) is 17.4. The fourth-order valence-electron chi connectivity index (χ4n) is 4.09. The van der Waals surface area contributed by atoms with Crippen LogP contribution in [0.5, 0.6) is 0 Å². The smallest absolute Gasteiger partial charge is 0.219 e. The number of imidazole rings is 1. The van der Waals surface area contributed by atoms with Crippen LogP contribution < -0.4 is 10.2 Å². The quantitative estimate of drug-likeness (QED) is 0.733. The van der Waals surface area contributed by atoms with Gasteiger partial charge in [0.2, 0.25) is 5.91 Å². The van der Waals surface area contributed by atoms with Gasteiger partial charge in [0.25, 0.3) is 0 Å². The second-order valence-corrected chi connectivity index (χ2v) is 7.17. The highest BCUT2D eigenvalue weighted by molar-refractivity contribution is 5.79. The largest absolute Gasteiger partial charge is 0.366 e. The van der Waals surface area contributed by atoms with Crippen LogP contribution in [0.25, 0.3) is 16.9 Å². The lowest BCUT2D eigenvalue weighted by molar-refractivity contribution is -0.129. The van der Waals surface area contributed by atoms with Gasteiger partial charge in [-0.05, 0) is 12.1 Å². The maximum atomic E-state index is 11.6. The van der Waals surface area contributed by atoms with Gasteiger partial charge in [0, 0.05) is 70.7 Å². The van der Waals surface area contributed by atoms with E-state index in [4.69, 9.17) is 0 Å². The Labute approximate surface area is 157 Å². The van der Waals surface area contributed by atoms with Gasteiger partial charge in [-0.3, -0.25) is 4.79 Å². The van der Waals surface area contributed by atoms with Gasteiger partial charge in [0.15, 0.2) is 0 Å². The second kappa shape index (κ2) is 6.38. The molecule has 0 unspecified atom stereocenters. The van der Waals surface area contributed by atoms with E-state index in [1.807, 2.05) is 21.8 Å². The molecule has 3 aromatic rings. The topological polar surface area (TPSA) is 70.7 Å². The number of carbonyl (C=O) groups is 1. The zero-order chi connectivity index (χ0) is 18.4. The minimum absolute atomic E-state index is 0.151. The van der Waals surface area contributed by atoms with E-state index in [1.54, 1.807) is 6.92 Å². The Balaban J connectivity index is 1.49. The molecule has 0 radical (unpaired) electrons. The molecule has 2 aliphatic rings. The number of aromatic nitrogens is 4. The Hall–Kier alpha value is -2.87. The van der Waals surface area contributed by atoms with Crippen LogP contribution >= 0.6 is 0 Å². The summed E-state index contributed by atoms with van der Waals surface area (Å²) in [5.74, 6) is 1.16. The third-order valence-electron chi connectivity index (χ3n) is 5.57. The van der Waals surface area contributed by atoms with Gasteiger partial charge in [0.1, 0.15) is 5.82 Å². The lowest BCUT2D eigenvalue weighted by atomic mass is 10.2. The van der Waals surface area contributed by atoms with Crippen molar-refractivity contribution >= 4 is 17.1 Å². The lowest BCUT2D eigenvalue weighted by Gasteiger charge is -2.35. The first-order valence-corrected chi connectivity index (χ1v) is 9.44. The average molecular weight is 365 g/mol. The summed E-state index contributed by atoms with van der Waals surface area (Å²) >= 11 is 0. The van der Waals surface area contributed by atoms with Crippen LogP contribution in [0.4, 0.5) is 5.69 Å². The number of hydrogen-bond acceptors (Lipinski definition) is 5. The van der Waals surface area contributed by atoms with Crippen LogP contribution in [0.15, 0.2) is 30.7 Å². The van der Waals surface area contributed by atoms with Crippen molar-refractivity contribution in [2.75, 3.05) is 37.6 Å². The van der Waals surface area contributed by atoms with E-state index >= 15 is 0 Å². The van der Waals surface area contributed by atoms with E-state index in [2.05, 4.69) is 43.2 Å². The number of nitrogens with one attached hydrogen (secondary N) is 1. The summed E-state index contributed by atoms with van der Waals surface area (Å²) in [6.45, 7) is 7.60. The molecule has 1 saturated heterocycles. The van der Waals surface area contributed by atoms with Gasteiger partial charge in [-0.1, -0.05) is 0 Å². The summed E-state index contributed by atoms with van der Waals surface area (Å²) in [7, 11) is 0. The van der Waals surface area contributed by atoms with Gasteiger partial charge in [-0.15, -0.1) is 0 Å². The molecule has 1 fully saturated rings. The zero-order valence-electron chi connectivity index (χ0n) is 15.4. The molecule has 0 spiro atoms. The number of nitrogens with zero attached hydrogens (tertiary/aromatic N) is 6. The first-order valence-electron chi connectivity index (χ1n) is 9.44. The molecular weight excluding hydrogens is 342 g/mol. The Morgan fingerprint density at radius 3 is 2.85 bits per heavy atom. The number of anilines is 1. The number of rotatable bonds is 2. The standard InChI is InChI=1S/C19H23N7O/c1-14(27)23-6-8-24(9-7-23)17-2-3-22-26-13-15(10-18(17)26)19-21-12-16-11-20-4-5-25(16)19/h2-3,10,12-13,20H,4-9,11H2,1H3. The Kier molecular flexibility index (Phi) is 3.86. The van der Waals surface area contributed by atoms with E-state index in [0.29, 0.717) is 0 Å². The lowest BCUT2D eigenvalue weighted by Crippen LogP contribution is -2.48. The minimum atomic E-state index is 0.151. The number of fused-ring (bicyclic) bond motifs is 2. The molecule has 140 valence electrons. The van der Waals surface area contributed by atoms with E-state index in [9.17, 15) is 4.79 Å². The highest BCUT2D eigenvalue weighted by Gasteiger charge is 2.22. The monoisotopic (exact) mass is 365 g/mol. The number of hydrogen-bond donors (Lipinski definition) is 1. The highest BCUT2D eigenvalue weighted by Crippen LogP contribution is 2.29. The minimum Gasteiger partial charge on any atom is -0.366 e. The summed E-state index contributed by atoms with van der Waals surface area (Å²) in [6.07, 6.45) is 5.86. The predicted octanol–water partition coefficient (Wildman–Crippen LogP) is 0.969. The first kappa shape index (κ1) is 16.3. The van der Waals surface area contributed by atoms with Gasteiger partial charge in [0.05, 0.1) is 23.1 Å². The molecule has 5 heterocycles. The van der Waals surface area contributed by atoms with Crippen molar-refractivity contribution in [2.45, 2.75) is 20.0 Å². The molecule has 0 aliphatic carbocycles. The van der Waals surface area contributed by atoms with E-state index in [1.165, 1.54) is 5.69 Å². The highest BCUT2D eigenvalue weighted by atomic mass is 16.2. The number of carbonyl (C=O) groups excluding carboxylic acids is 1. The number of amides is 1. The fraction of sp³-hybridized carbons (Fsp3) is 0.421. The molecule has 0 atom stereocenters. The van der Waals surface area contributed by atoms with Crippen molar-refractivity contribution in [2.24, 2.45) is 0 Å². The van der Waals surface area contributed by atoms with Crippen molar-refractivity contribution in [1.82, 2.24) is 29.4 Å². The van der Waals surface area contributed by atoms with Crippen molar-refractivity contribution in [3.8, 4) is 11.4 Å².